The number of aliphatic hydroxyl groups excluding tert-OH is 1. The fourth-order valence-corrected chi connectivity index (χ4v) is 3.77. The summed E-state index contributed by atoms with van der Waals surface area (Å²) in [5.41, 5.74) is 3.05. The summed E-state index contributed by atoms with van der Waals surface area (Å²) in [6, 6.07) is 10.8. The van der Waals surface area contributed by atoms with E-state index >= 15 is 0 Å². The quantitative estimate of drug-likeness (QED) is 0.626. The normalized spacial score (nSPS) is 21.1. The number of aromatic nitrogens is 3. The van der Waals surface area contributed by atoms with Gasteiger partial charge in [0, 0.05) is 24.7 Å². The van der Waals surface area contributed by atoms with Gasteiger partial charge in [-0.1, -0.05) is 6.07 Å². The average molecular weight is 381 g/mol. The summed E-state index contributed by atoms with van der Waals surface area (Å²) in [4.78, 5) is 14.2. The molecular formula is C19H19N5O4. The number of carbonyl (C=O) groups excluding carboxylic acids is 1. The summed E-state index contributed by atoms with van der Waals surface area (Å²) >= 11 is 0. The molecule has 0 radical (unpaired) electrons. The van der Waals surface area contributed by atoms with E-state index in [1.165, 1.54) is 0 Å². The van der Waals surface area contributed by atoms with Crippen LogP contribution in [0.5, 0.6) is 11.5 Å². The van der Waals surface area contributed by atoms with Crippen LogP contribution in [-0.4, -0.2) is 57.4 Å². The highest BCUT2D eigenvalue weighted by Crippen LogP contribution is 2.37. The van der Waals surface area contributed by atoms with Gasteiger partial charge in [-0.25, -0.2) is 4.79 Å². The van der Waals surface area contributed by atoms with Crippen molar-refractivity contribution in [1.82, 2.24) is 20.3 Å². The van der Waals surface area contributed by atoms with E-state index in [9.17, 15) is 9.90 Å². The first-order valence-electron chi connectivity index (χ1n) is 9.11. The van der Waals surface area contributed by atoms with Crippen molar-refractivity contribution in [2.24, 2.45) is 0 Å². The smallest absolute Gasteiger partial charge is 0.321 e. The van der Waals surface area contributed by atoms with E-state index < -0.39 is 6.10 Å². The Morgan fingerprint density at radius 2 is 2.00 bits per heavy atom. The minimum Gasteiger partial charge on any atom is -0.454 e. The van der Waals surface area contributed by atoms with Gasteiger partial charge in [0.1, 0.15) is 11.0 Å². The third-order valence-corrected chi connectivity index (χ3v) is 5.26. The monoisotopic (exact) mass is 381 g/mol. The predicted octanol–water partition coefficient (Wildman–Crippen LogP) is 2.07. The molecule has 144 valence electrons. The lowest BCUT2D eigenvalue weighted by Crippen LogP contribution is -2.47. The highest BCUT2D eigenvalue weighted by atomic mass is 16.7. The van der Waals surface area contributed by atoms with E-state index in [0.29, 0.717) is 29.9 Å². The lowest BCUT2D eigenvalue weighted by Gasteiger charge is -2.36. The Balaban J connectivity index is 1.25. The number of H-pyrrole nitrogens is 1. The molecule has 3 N–H and O–H groups in total. The number of nitrogens with one attached hydrogen (secondary N) is 2. The van der Waals surface area contributed by atoms with Gasteiger partial charge in [-0.2, -0.15) is 15.4 Å². The molecule has 9 nitrogen and oxygen atoms in total. The van der Waals surface area contributed by atoms with Crippen LogP contribution in [0.3, 0.4) is 0 Å². The molecule has 0 spiro atoms. The third kappa shape index (κ3) is 2.99. The number of rotatable bonds is 2. The van der Waals surface area contributed by atoms with Crippen LogP contribution >= 0.6 is 0 Å². The Hall–Kier alpha value is -3.33. The number of ether oxygens (including phenoxy) is 2. The Bertz CT molecular complexity index is 1040. The topological polar surface area (TPSA) is 113 Å². The van der Waals surface area contributed by atoms with Crippen LogP contribution in [0.25, 0.3) is 11.0 Å². The van der Waals surface area contributed by atoms with Gasteiger partial charge < -0.3 is 24.8 Å². The van der Waals surface area contributed by atoms with Crippen LogP contribution < -0.4 is 14.8 Å². The highest BCUT2D eigenvalue weighted by molar-refractivity contribution is 5.91. The van der Waals surface area contributed by atoms with E-state index in [2.05, 4.69) is 20.7 Å². The van der Waals surface area contributed by atoms with Gasteiger partial charge in [0.15, 0.2) is 11.5 Å². The number of β-amino-alcohol motifs (C(OH)–C–C–N with tert-alkyl or cyclic N) is 1. The number of aromatic amines is 1. The van der Waals surface area contributed by atoms with E-state index in [1.54, 1.807) is 23.1 Å². The predicted molar refractivity (Wildman–Crippen MR) is 100 cm³/mol. The lowest BCUT2D eigenvalue weighted by atomic mass is 9.87. The number of likely N-dealkylation sites (tertiary alicyclic amines) is 1. The number of amides is 2. The number of fused-ring (bicyclic) bond motifs is 2. The molecule has 9 heteroatoms. The highest BCUT2D eigenvalue weighted by Gasteiger charge is 2.32. The zero-order valence-corrected chi connectivity index (χ0v) is 15.0. The Morgan fingerprint density at radius 3 is 2.89 bits per heavy atom. The largest absolute Gasteiger partial charge is 0.454 e. The van der Waals surface area contributed by atoms with Gasteiger partial charge in [0.05, 0.1) is 6.10 Å². The van der Waals surface area contributed by atoms with Crippen LogP contribution in [0.2, 0.25) is 0 Å². The van der Waals surface area contributed by atoms with Crippen molar-refractivity contribution in [3.8, 4) is 11.5 Å². The molecule has 2 amide bonds. The lowest BCUT2D eigenvalue weighted by molar-refractivity contribution is 0.0688. The summed E-state index contributed by atoms with van der Waals surface area (Å²) in [5.74, 6) is 1.37. The van der Waals surface area contributed by atoms with Crippen molar-refractivity contribution in [2.45, 2.75) is 18.4 Å². The number of anilines is 1. The van der Waals surface area contributed by atoms with Crippen molar-refractivity contribution in [3.05, 3.63) is 42.0 Å². The van der Waals surface area contributed by atoms with E-state index in [1.807, 2.05) is 18.2 Å². The van der Waals surface area contributed by atoms with Gasteiger partial charge in [-0.15, -0.1) is 0 Å². The molecule has 0 bridgehead atoms. The standard InChI is InChI=1S/C19H19N5O4/c25-16-9-24(19(26)20-12-2-3-14-15(8-12)22-23-21-14)6-5-13(16)11-1-4-17-18(7-11)28-10-27-17/h1-4,7-8,13,16,25H,5-6,9-10H2,(H,20,26)(H,21,22,23)/t13-,16+/m0/s1. The molecule has 2 aromatic carbocycles. The number of hydrogen-bond donors (Lipinski definition) is 3. The maximum atomic E-state index is 12.6. The van der Waals surface area contributed by atoms with Gasteiger partial charge in [0.2, 0.25) is 6.79 Å². The molecule has 3 heterocycles. The van der Waals surface area contributed by atoms with Crippen LogP contribution in [-0.2, 0) is 0 Å². The molecule has 1 saturated heterocycles. The molecule has 2 atom stereocenters. The maximum Gasteiger partial charge on any atom is 0.321 e. The van der Waals surface area contributed by atoms with Crippen LogP contribution in [0, 0.1) is 0 Å². The van der Waals surface area contributed by atoms with Gasteiger partial charge >= 0.3 is 6.03 Å². The molecule has 3 aromatic rings. The van der Waals surface area contributed by atoms with Crippen molar-refractivity contribution >= 4 is 22.8 Å². The number of carbonyl (C=O) groups is 1. The minimum absolute atomic E-state index is 0.0509. The first-order valence-corrected chi connectivity index (χ1v) is 9.11. The van der Waals surface area contributed by atoms with Crippen molar-refractivity contribution < 1.29 is 19.4 Å². The van der Waals surface area contributed by atoms with Gasteiger partial charge in [0.25, 0.3) is 0 Å². The SMILES string of the molecule is O=C(Nc1ccc2n[nH]nc2c1)N1CC[C@@H](c2ccc3c(c2)OCO3)[C@H](O)C1. The number of nitrogens with zero attached hydrogens (tertiary/aromatic N) is 3. The fourth-order valence-electron chi connectivity index (χ4n) is 3.77. The van der Waals surface area contributed by atoms with Crippen LogP contribution in [0.4, 0.5) is 10.5 Å². The molecule has 5 rings (SSSR count). The Morgan fingerprint density at radius 1 is 1.14 bits per heavy atom. The molecule has 2 aliphatic rings. The minimum atomic E-state index is -0.655. The van der Waals surface area contributed by atoms with Gasteiger partial charge in [-0.3, -0.25) is 0 Å². The summed E-state index contributed by atoms with van der Waals surface area (Å²) in [5, 5.41) is 24.1. The second kappa shape index (κ2) is 6.68. The van der Waals surface area contributed by atoms with E-state index in [-0.39, 0.29) is 25.3 Å². The number of hydrogen-bond acceptors (Lipinski definition) is 6. The van der Waals surface area contributed by atoms with Crippen LogP contribution in [0.1, 0.15) is 17.9 Å². The molecule has 0 aliphatic carbocycles. The van der Waals surface area contributed by atoms with Gasteiger partial charge in [-0.05, 0) is 42.3 Å². The van der Waals surface area contributed by atoms with Crippen LogP contribution in [0.15, 0.2) is 36.4 Å². The summed E-state index contributed by atoms with van der Waals surface area (Å²) in [7, 11) is 0. The van der Waals surface area contributed by atoms with E-state index in [0.717, 1.165) is 16.8 Å². The Kier molecular flexibility index (Phi) is 4.01. The summed E-state index contributed by atoms with van der Waals surface area (Å²) in [6.45, 7) is 1.03. The second-order valence-corrected chi connectivity index (χ2v) is 6.98. The molecule has 1 aromatic heterocycles. The average Bonchev–Trinajstić information content (AvgIpc) is 3.36. The first-order chi connectivity index (χ1) is 13.7. The summed E-state index contributed by atoms with van der Waals surface area (Å²) in [6.07, 6.45) is 0.00852. The summed E-state index contributed by atoms with van der Waals surface area (Å²) < 4.78 is 10.8. The number of piperidine rings is 1. The fraction of sp³-hybridized carbons (Fsp3) is 0.316. The molecule has 28 heavy (non-hydrogen) atoms. The molecule has 1 fully saturated rings. The third-order valence-electron chi connectivity index (χ3n) is 5.26. The number of aliphatic hydroxyl groups is 1. The zero-order valence-electron chi connectivity index (χ0n) is 15.0. The van der Waals surface area contributed by atoms with Crippen molar-refractivity contribution in [1.29, 1.82) is 0 Å². The molecule has 2 aliphatic heterocycles. The second-order valence-electron chi connectivity index (χ2n) is 6.98. The Labute approximate surface area is 160 Å². The molecule has 0 saturated carbocycles. The molecule has 0 unspecified atom stereocenters. The number of urea groups is 1. The first kappa shape index (κ1) is 16.8. The zero-order chi connectivity index (χ0) is 19.1. The van der Waals surface area contributed by atoms with Crippen molar-refractivity contribution in [3.63, 3.8) is 0 Å². The number of benzene rings is 2. The maximum absolute atomic E-state index is 12.6. The molecular weight excluding hydrogens is 362 g/mol. The van der Waals surface area contributed by atoms with Crippen molar-refractivity contribution in [2.75, 3.05) is 25.2 Å². The van der Waals surface area contributed by atoms with E-state index in [4.69, 9.17) is 9.47 Å².